The van der Waals surface area contributed by atoms with Crippen molar-refractivity contribution in [3.63, 3.8) is 0 Å². The number of aryl methyl sites for hydroxylation is 2. The van der Waals surface area contributed by atoms with Crippen LogP contribution in [0.1, 0.15) is 94.7 Å². The summed E-state index contributed by atoms with van der Waals surface area (Å²) in [5.41, 5.74) is 9.49. The molecule has 0 saturated carbocycles. The van der Waals surface area contributed by atoms with Crippen LogP contribution in [0.3, 0.4) is 0 Å². The molecule has 6 bridgehead atoms. The van der Waals surface area contributed by atoms with Gasteiger partial charge in [-0.25, -0.2) is 14.8 Å². The molecule has 3 aromatic heterocycles. The molecule has 4 amide bonds. The number of hydrazine groups is 1. The molecule has 1 aromatic carbocycles. The molecule has 5 aliphatic heterocycles. The molecule has 398 valence electrons. The summed E-state index contributed by atoms with van der Waals surface area (Å²) in [6.07, 6.45) is 5.71. The molecule has 0 unspecified atom stereocenters. The zero-order valence-corrected chi connectivity index (χ0v) is 45.1. The van der Waals surface area contributed by atoms with Crippen LogP contribution in [0, 0.1) is 11.3 Å². The number of benzene rings is 1. The number of hydrogen-bond donors (Lipinski definition) is 2. The fourth-order valence-corrected chi connectivity index (χ4v) is 12.5. The van der Waals surface area contributed by atoms with Crippen molar-refractivity contribution in [3.8, 4) is 22.5 Å². The van der Waals surface area contributed by atoms with Gasteiger partial charge < -0.3 is 39.0 Å². The Morgan fingerprint density at radius 3 is 2.49 bits per heavy atom. The van der Waals surface area contributed by atoms with Crippen LogP contribution in [-0.4, -0.2) is 161 Å². The van der Waals surface area contributed by atoms with Crippen LogP contribution in [0.2, 0.25) is 0 Å². The molecule has 8 heterocycles. The molecule has 3 fully saturated rings. The smallest absolute Gasteiger partial charge is 0.324 e. The Bertz CT molecular complexity index is 2810. The van der Waals surface area contributed by atoms with Crippen molar-refractivity contribution < 1.29 is 37.8 Å². The lowest BCUT2D eigenvalue weighted by molar-refractivity contribution is -0.156. The molecule has 4 aromatic rings. The lowest BCUT2D eigenvalue weighted by Gasteiger charge is -2.40. The lowest BCUT2D eigenvalue weighted by Crippen LogP contribution is -2.63. The molecule has 74 heavy (non-hydrogen) atoms. The molecule has 5 aliphatic rings. The highest BCUT2D eigenvalue weighted by Crippen LogP contribution is 2.46. The monoisotopic (exact) mass is 1040 g/mol. The van der Waals surface area contributed by atoms with Gasteiger partial charge in [-0.1, -0.05) is 34.3 Å². The number of piperazine rings is 1. The van der Waals surface area contributed by atoms with Crippen LogP contribution in [0.15, 0.2) is 42.4 Å². The van der Waals surface area contributed by atoms with Crippen LogP contribution in [0.4, 0.5) is 10.1 Å². The van der Waals surface area contributed by atoms with Crippen molar-refractivity contribution in [1.82, 2.24) is 45.0 Å². The number of anilines is 1. The summed E-state index contributed by atoms with van der Waals surface area (Å²) < 4.78 is 31.2. The lowest BCUT2D eigenvalue weighted by atomic mass is 9.84. The average molecular weight is 1040 g/mol. The summed E-state index contributed by atoms with van der Waals surface area (Å²) >= 11 is 1.39. The number of fused-ring (bicyclic) bond motifs is 6. The number of hydrogen-bond acceptors (Lipinski definition) is 13. The van der Waals surface area contributed by atoms with Gasteiger partial charge in [0, 0.05) is 113 Å². The molecule has 9 rings (SSSR count). The number of nitrogens with zero attached hydrogens (tertiary/aromatic N) is 8. The van der Waals surface area contributed by atoms with E-state index in [1.165, 1.54) is 45.4 Å². The fourth-order valence-electron chi connectivity index (χ4n) is 11.6. The van der Waals surface area contributed by atoms with Gasteiger partial charge in [-0.2, -0.15) is 0 Å². The minimum atomic E-state index is -2.30. The molecule has 17 nitrogen and oxygen atoms in total. The summed E-state index contributed by atoms with van der Waals surface area (Å²) in [4.78, 5) is 87.4. The molecule has 2 N–H and O–H groups in total. The number of thiazole rings is 1. The molecule has 0 aliphatic carbocycles. The van der Waals surface area contributed by atoms with Crippen LogP contribution < -0.4 is 15.6 Å². The number of carbonyl (C=O) groups excluding carboxylic acids is 5. The van der Waals surface area contributed by atoms with Crippen molar-refractivity contribution >= 4 is 57.5 Å². The third kappa shape index (κ3) is 10.6. The van der Waals surface area contributed by atoms with E-state index in [1.807, 2.05) is 18.5 Å². The number of nitrogens with one attached hydrogen (secondary N) is 2. The van der Waals surface area contributed by atoms with E-state index >= 15 is 4.39 Å². The number of esters is 1. The largest absolute Gasteiger partial charge is 0.464 e. The zero-order chi connectivity index (χ0) is 52.8. The standard InChI is InChI=1S/C55H73FN10O7S/c1-10-45(67)64-19-15-55(56,16-20-64)53(71)62(8)47(33(2)3)50(68)59-42-28-44-58-43(31-74-44)36-25-35-13-11-17-65-48(35)38(26-36)40(29-54(5,6)32-73-52(70)41-14-12-18-66(60-41)51(42)69)49(65)39-27-37(30-57-46(39)34(4)72-9)63-23-21-61(7)22-24-63/h10,25-27,30-31,33-34,41-42,47,60H,1,11-24,28-29,32H2,2-9H3,(H,59,68)/t34-,41-,42-,47-/m0/s1. The first-order valence-corrected chi connectivity index (χ1v) is 27.2. The van der Waals surface area contributed by atoms with Gasteiger partial charge in [-0.3, -0.25) is 34.0 Å². The summed E-state index contributed by atoms with van der Waals surface area (Å²) in [7, 11) is 5.28. The second-order valence-electron chi connectivity index (χ2n) is 22.2. The summed E-state index contributed by atoms with van der Waals surface area (Å²) in [5.74, 6) is -3.26. The van der Waals surface area contributed by atoms with Crippen molar-refractivity contribution in [1.29, 1.82) is 0 Å². The van der Waals surface area contributed by atoms with Crippen LogP contribution >= 0.6 is 11.3 Å². The number of halogens is 1. The van der Waals surface area contributed by atoms with Gasteiger partial charge in [0.2, 0.25) is 11.8 Å². The molecular weight excluding hydrogens is 964 g/mol. The molecule has 0 radical (unpaired) electrons. The Hall–Kier alpha value is -5.76. The number of rotatable bonds is 10. The molecule has 0 spiro atoms. The van der Waals surface area contributed by atoms with E-state index < -0.39 is 58.8 Å². The Labute approximate surface area is 437 Å². The normalized spacial score (nSPS) is 22.2. The highest BCUT2D eigenvalue weighted by molar-refractivity contribution is 7.10. The van der Waals surface area contributed by atoms with Crippen LogP contribution in [0.25, 0.3) is 33.4 Å². The van der Waals surface area contributed by atoms with Gasteiger partial charge >= 0.3 is 5.97 Å². The predicted molar refractivity (Wildman–Crippen MR) is 283 cm³/mol. The molecule has 3 saturated heterocycles. The van der Waals surface area contributed by atoms with Crippen molar-refractivity contribution in [2.75, 3.05) is 78.5 Å². The van der Waals surface area contributed by atoms with E-state index in [4.69, 9.17) is 19.4 Å². The maximum atomic E-state index is 16.5. The Balaban J connectivity index is 1.10. The first-order chi connectivity index (χ1) is 35.3. The number of cyclic esters (lactones) is 1. The number of likely N-dealkylation sites (N-methyl/N-ethyl adjacent to an activating group) is 2. The molecule has 4 atom stereocenters. The number of amides is 4. The van der Waals surface area contributed by atoms with E-state index in [0.29, 0.717) is 24.3 Å². The average Bonchev–Trinajstić information content (AvgIpc) is 3.99. The van der Waals surface area contributed by atoms with E-state index in [-0.39, 0.29) is 57.5 Å². The highest BCUT2D eigenvalue weighted by Gasteiger charge is 2.47. The number of likely N-dealkylation sites (tertiary alicyclic amines) is 1. The number of piperidine rings is 1. The fraction of sp³-hybridized carbons (Fsp3) is 0.582. The van der Waals surface area contributed by atoms with E-state index in [1.54, 1.807) is 21.0 Å². The number of methoxy groups -OCH3 is 1. The zero-order valence-electron chi connectivity index (χ0n) is 44.3. The van der Waals surface area contributed by atoms with E-state index in [2.05, 4.69) is 70.8 Å². The maximum absolute atomic E-state index is 16.5. The number of aromatic nitrogens is 3. The summed E-state index contributed by atoms with van der Waals surface area (Å²) in [6.45, 7) is 18.3. The number of carbonyl (C=O) groups is 5. The van der Waals surface area contributed by atoms with Gasteiger partial charge in [0.05, 0.1) is 52.2 Å². The highest BCUT2D eigenvalue weighted by atomic mass is 32.1. The number of pyridine rings is 1. The third-order valence-corrected chi connectivity index (χ3v) is 16.7. The first-order valence-electron chi connectivity index (χ1n) is 26.3. The van der Waals surface area contributed by atoms with Crippen LogP contribution in [-0.2, 0) is 59.3 Å². The number of alkyl halides is 1. The predicted octanol–water partition coefficient (Wildman–Crippen LogP) is 5.88. The van der Waals surface area contributed by atoms with Gasteiger partial charge in [0.15, 0.2) is 5.67 Å². The second kappa shape index (κ2) is 21.5. The topological polar surface area (TPSA) is 175 Å². The van der Waals surface area contributed by atoms with E-state index in [9.17, 15) is 24.0 Å². The Morgan fingerprint density at radius 2 is 1.78 bits per heavy atom. The summed E-state index contributed by atoms with van der Waals surface area (Å²) in [5, 5.41) is 8.04. The minimum Gasteiger partial charge on any atom is -0.464 e. The summed E-state index contributed by atoms with van der Waals surface area (Å²) in [6, 6.07) is 3.60. The van der Waals surface area contributed by atoms with Gasteiger partial charge in [-0.15, -0.1) is 11.3 Å². The SMILES string of the molecule is C=CC(=O)N1CCC(F)(C(=O)N(C)[C@H](C(=O)N[C@H]2Cc3nc(cs3)-c3cc4c5c(c3)c(c(-c3cc(N6CCN(C)CC6)cnc3[C@H](C)OC)n5CCC4)CC(C)(C)COC(=O)[C@@H]3CCCN(N3)C2=O)C(C)C)CC1. The van der Waals surface area contributed by atoms with Crippen molar-refractivity contribution in [3.05, 3.63) is 64.3 Å². The number of ether oxygens (including phenoxy) is 2. The van der Waals surface area contributed by atoms with Crippen LogP contribution in [0.5, 0.6) is 0 Å². The Kier molecular flexibility index (Phi) is 15.4. The quantitative estimate of drug-likeness (QED) is 0.143. The van der Waals surface area contributed by atoms with Crippen molar-refractivity contribution in [2.45, 2.75) is 122 Å². The van der Waals surface area contributed by atoms with Gasteiger partial charge in [-0.05, 0) is 87.4 Å². The maximum Gasteiger partial charge on any atom is 0.324 e. The first kappa shape index (κ1) is 53.1. The second-order valence-corrected chi connectivity index (χ2v) is 23.1. The minimum absolute atomic E-state index is 0.0113. The van der Waals surface area contributed by atoms with Gasteiger partial charge in [0.1, 0.15) is 18.1 Å². The molecule has 19 heteroatoms. The van der Waals surface area contributed by atoms with Crippen molar-refractivity contribution in [2.24, 2.45) is 11.3 Å². The molecular formula is C55H73FN10O7S. The third-order valence-electron chi connectivity index (χ3n) is 15.8. The Morgan fingerprint density at radius 1 is 1.04 bits per heavy atom. The van der Waals surface area contributed by atoms with E-state index in [0.717, 1.165) is 95.3 Å². The van der Waals surface area contributed by atoms with Gasteiger partial charge in [0.25, 0.3) is 11.8 Å².